The number of nitrogens with zero attached hydrogens (tertiary/aromatic N) is 1. The molecule has 0 fully saturated rings. The van der Waals surface area contributed by atoms with Crippen LogP contribution in [0.1, 0.15) is 35.3 Å². The molecule has 0 aliphatic carbocycles. The molecule has 0 atom stereocenters. The number of carboxylic acids is 1. The fourth-order valence-corrected chi connectivity index (χ4v) is 3.24. The summed E-state index contributed by atoms with van der Waals surface area (Å²) >= 11 is 1.22. The maximum Gasteiger partial charge on any atom is 0.355 e. The molecule has 0 aliphatic rings. The van der Waals surface area contributed by atoms with Crippen molar-refractivity contribution in [1.82, 2.24) is 9.71 Å². The maximum atomic E-state index is 11.5. The Kier molecular flexibility index (Phi) is 5.70. The predicted molar refractivity (Wildman–Crippen MR) is 69.5 cm³/mol. The van der Waals surface area contributed by atoms with Crippen molar-refractivity contribution in [2.24, 2.45) is 0 Å². The topological polar surface area (TPSA) is 96.4 Å². The molecule has 0 radical (unpaired) electrons. The van der Waals surface area contributed by atoms with Crippen molar-refractivity contribution in [3.63, 3.8) is 0 Å². The number of thiazole rings is 1. The number of hydrogen-bond donors (Lipinski definition) is 2. The van der Waals surface area contributed by atoms with E-state index in [0.29, 0.717) is 17.8 Å². The van der Waals surface area contributed by atoms with Crippen LogP contribution in [0.5, 0.6) is 0 Å². The molecule has 0 unspecified atom stereocenters. The van der Waals surface area contributed by atoms with Gasteiger partial charge in [0.1, 0.15) is 0 Å². The normalized spacial score (nSPS) is 11.6. The number of aromatic nitrogens is 1. The summed E-state index contributed by atoms with van der Waals surface area (Å²) < 4.78 is 25.4. The number of sulfonamides is 1. The summed E-state index contributed by atoms with van der Waals surface area (Å²) in [5, 5.41) is 10.7. The number of nitrogens with one attached hydrogen (secondary N) is 1. The molecule has 1 heterocycles. The Labute approximate surface area is 110 Å². The zero-order valence-electron chi connectivity index (χ0n) is 10.0. The van der Waals surface area contributed by atoms with Gasteiger partial charge in [0.2, 0.25) is 10.0 Å². The predicted octanol–water partition coefficient (Wildman–Crippen LogP) is 1.10. The molecule has 6 nitrogen and oxygen atoms in total. The Balaban J connectivity index is 2.39. The first kappa shape index (κ1) is 15.1. The summed E-state index contributed by atoms with van der Waals surface area (Å²) in [5.74, 6) is -0.942. The molecule has 0 aromatic carbocycles. The van der Waals surface area contributed by atoms with E-state index in [-0.39, 0.29) is 18.0 Å². The van der Waals surface area contributed by atoms with Crippen LogP contribution in [0, 0.1) is 0 Å². The van der Waals surface area contributed by atoms with Crippen LogP contribution in [0.4, 0.5) is 0 Å². The molecule has 0 spiro atoms. The first-order valence-electron chi connectivity index (χ1n) is 5.59. The van der Waals surface area contributed by atoms with Crippen molar-refractivity contribution in [1.29, 1.82) is 0 Å². The number of hydrogen-bond acceptors (Lipinski definition) is 5. The Hall–Kier alpha value is -0.990. The van der Waals surface area contributed by atoms with Crippen molar-refractivity contribution in [3.05, 3.63) is 16.1 Å². The lowest BCUT2D eigenvalue weighted by Gasteiger charge is -2.04. The Morgan fingerprint density at radius 1 is 1.56 bits per heavy atom. The molecule has 2 N–H and O–H groups in total. The summed E-state index contributed by atoms with van der Waals surface area (Å²) in [6.07, 6.45) is 1.87. The highest BCUT2D eigenvalue weighted by Crippen LogP contribution is 2.10. The summed E-state index contributed by atoms with van der Waals surface area (Å²) in [6, 6.07) is 0. The molecule has 8 heteroatoms. The molecule has 102 valence electrons. The van der Waals surface area contributed by atoms with E-state index in [1.165, 1.54) is 16.7 Å². The minimum absolute atomic E-state index is 0.00356. The molecule has 0 aliphatic heterocycles. The first-order chi connectivity index (χ1) is 8.44. The smallest absolute Gasteiger partial charge is 0.355 e. The number of carboxylic acid groups (broad SMARTS) is 1. The quantitative estimate of drug-likeness (QED) is 0.748. The largest absolute Gasteiger partial charge is 0.476 e. The van der Waals surface area contributed by atoms with E-state index in [1.807, 2.05) is 6.92 Å². The number of rotatable bonds is 8. The lowest BCUT2D eigenvalue weighted by molar-refractivity contribution is 0.0691. The van der Waals surface area contributed by atoms with Crippen LogP contribution in [0.15, 0.2) is 5.38 Å². The van der Waals surface area contributed by atoms with Gasteiger partial charge in [-0.1, -0.05) is 13.3 Å². The SMILES string of the molecule is CCCCS(=O)(=O)NCCc1nc(C(=O)O)cs1. The molecule has 0 saturated carbocycles. The summed E-state index contributed by atoms with van der Waals surface area (Å²) in [5.41, 5.74) is 0.00356. The van der Waals surface area contributed by atoms with E-state index in [1.54, 1.807) is 0 Å². The van der Waals surface area contributed by atoms with E-state index in [0.717, 1.165) is 6.42 Å². The number of carbonyl (C=O) groups is 1. The number of aromatic carboxylic acids is 1. The van der Waals surface area contributed by atoms with Gasteiger partial charge < -0.3 is 5.11 Å². The van der Waals surface area contributed by atoms with Crippen molar-refractivity contribution in [3.8, 4) is 0 Å². The summed E-state index contributed by atoms with van der Waals surface area (Å²) in [4.78, 5) is 14.5. The van der Waals surface area contributed by atoms with E-state index >= 15 is 0 Å². The van der Waals surface area contributed by atoms with E-state index in [4.69, 9.17) is 5.11 Å². The minimum atomic E-state index is -3.21. The third-order valence-corrected chi connectivity index (χ3v) is 4.58. The molecular weight excluding hydrogens is 276 g/mol. The van der Waals surface area contributed by atoms with Gasteiger partial charge in [0.05, 0.1) is 10.8 Å². The standard InChI is InChI=1S/C10H16N2O4S2/c1-2-3-6-18(15,16)11-5-4-9-12-8(7-17-9)10(13)14/h7,11H,2-6H2,1H3,(H,13,14). The zero-order valence-corrected chi connectivity index (χ0v) is 11.7. The van der Waals surface area contributed by atoms with Crippen LogP contribution in [0.25, 0.3) is 0 Å². The lowest BCUT2D eigenvalue weighted by Crippen LogP contribution is -2.28. The molecule has 0 saturated heterocycles. The fraction of sp³-hybridized carbons (Fsp3) is 0.600. The third-order valence-electron chi connectivity index (χ3n) is 2.20. The second kappa shape index (κ2) is 6.81. The lowest BCUT2D eigenvalue weighted by atomic mass is 10.4. The molecule has 18 heavy (non-hydrogen) atoms. The highest BCUT2D eigenvalue weighted by atomic mass is 32.2. The van der Waals surface area contributed by atoms with Gasteiger partial charge >= 0.3 is 5.97 Å². The fourth-order valence-electron chi connectivity index (χ4n) is 1.24. The average Bonchev–Trinajstić information content (AvgIpc) is 2.75. The van der Waals surface area contributed by atoms with Gasteiger partial charge in [-0.3, -0.25) is 0 Å². The highest BCUT2D eigenvalue weighted by molar-refractivity contribution is 7.89. The van der Waals surface area contributed by atoms with Gasteiger partial charge in [-0.2, -0.15) is 0 Å². The van der Waals surface area contributed by atoms with Crippen molar-refractivity contribution in [2.45, 2.75) is 26.2 Å². The van der Waals surface area contributed by atoms with Crippen LogP contribution in [-0.2, 0) is 16.4 Å². The average molecular weight is 292 g/mol. The highest BCUT2D eigenvalue weighted by Gasteiger charge is 2.11. The van der Waals surface area contributed by atoms with Crippen LogP contribution in [-0.4, -0.2) is 36.8 Å². The van der Waals surface area contributed by atoms with Gasteiger partial charge in [0, 0.05) is 18.3 Å². The molecule has 0 amide bonds. The van der Waals surface area contributed by atoms with Crippen molar-refractivity contribution >= 4 is 27.3 Å². The monoisotopic (exact) mass is 292 g/mol. The van der Waals surface area contributed by atoms with E-state index < -0.39 is 16.0 Å². The van der Waals surface area contributed by atoms with E-state index in [2.05, 4.69) is 9.71 Å². The molecule has 0 bridgehead atoms. The van der Waals surface area contributed by atoms with Gasteiger partial charge in [-0.25, -0.2) is 22.9 Å². The van der Waals surface area contributed by atoms with Gasteiger partial charge in [0.15, 0.2) is 5.69 Å². The Bertz CT molecular complexity index is 496. The molecule has 1 rings (SSSR count). The van der Waals surface area contributed by atoms with Crippen LogP contribution >= 0.6 is 11.3 Å². The zero-order chi connectivity index (χ0) is 13.6. The minimum Gasteiger partial charge on any atom is -0.476 e. The number of unbranched alkanes of at least 4 members (excludes halogenated alkanes) is 1. The summed E-state index contributed by atoms with van der Waals surface area (Å²) in [7, 11) is -3.21. The second-order valence-corrected chi connectivity index (χ2v) is 6.62. The Morgan fingerprint density at radius 3 is 2.83 bits per heavy atom. The first-order valence-corrected chi connectivity index (χ1v) is 8.13. The maximum absolute atomic E-state index is 11.5. The van der Waals surface area contributed by atoms with Gasteiger partial charge in [-0.05, 0) is 6.42 Å². The molecule has 1 aromatic rings. The van der Waals surface area contributed by atoms with E-state index in [9.17, 15) is 13.2 Å². The summed E-state index contributed by atoms with van der Waals surface area (Å²) in [6.45, 7) is 2.18. The Morgan fingerprint density at radius 2 is 2.28 bits per heavy atom. The second-order valence-electron chi connectivity index (χ2n) is 3.75. The molecule has 1 aromatic heterocycles. The van der Waals surface area contributed by atoms with Crippen LogP contribution in [0.2, 0.25) is 0 Å². The third kappa shape index (κ3) is 5.11. The van der Waals surface area contributed by atoms with Crippen LogP contribution < -0.4 is 4.72 Å². The van der Waals surface area contributed by atoms with Gasteiger partial charge in [-0.15, -0.1) is 11.3 Å². The van der Waals surface area contributed by atoms with Crippen LogP contribution in [0.3, 0.4) is 0 Å². The van der Waals surface area contributed by atoms with Gasteiger partial charge in [0.25, 0.3) is 0 Å². The van der Waals surface area contributed by atoms with Crippen molar-refractivity contribution in [2.75, 3.05) is 12.3 Å². The molecular formula is C10H16N2O4S2. The van der Waals surface area contributed by atoms with Crippen molar-refractivity contribution < 1.29 is 18.3 Å².